The molecule has 3 aromatic carbocycles. The first-order chi connectivity index (χ1) is 13.1. The second kappa shape index (κ2) is 9.14. The van der Waals surface area contributed by atoms with Gasteiger partial charge in [-0.15, -0.1) is 0 Å². The highest BCUT2D eigenvalue weighted by molar-refractivity contribution is 9.10. The second-order valence-corrected chi connectivity index (χ2v) is 6.88. The molecule has 0 aliphatic carbocycles. The lowest BCUT2D eigenvalue weighted by atomic mass is 10.0. The molecule has 3 rings (SSSR count). The van der Waals surface area contributed by atoms with Gasteiger partial charge in [-0.3, -0.25) is 9.59 Å². The van der Waals surface area contributed by atoms with Crippen LogP contribution in [-0.4, -0.2) is 24.9 Å². The zero-order valence-corrected chi connectivity index (χ0v) is 16.2. The molecule has 0 aliphatic heterocycles. The van der Waals surface area contributed by atoms with Gasteiger partial charge in [-0.1, -0.05) is 64.5 Å². The Bertz CT molecular complexity index is 925. The molecule has 0 unspecified atom stereocenters. The molecule has 27 heavy (non-hydrogen) atoms. The van der Waals surface area contributed by atoms with E-state index in [0.29, 0.717) is 24.2 Å². The molecule has 0 bridgehead atoms. The summed E-state index contributed by atoms with van der Waals surface area (Å²) >= 11 is 3.34. The number of rotatable bonds is 6. The van der Waals surface area contributed by atoms with E-state index in [1.54, 1.807) is 30.3 Å². The van der Waals surface area contributed by atoms with Crippen molar-refractivity contribution in [2.24, 2.45) is 0 Å². The third-order valence-corrected chi connectivity index (χ3v) is 4.53. The van der Waals surface area contributed by atoms with E-state index in [1.807, 2.05) is 48.5 Å². The summed E-state index contributed by atoms with van der Waals surface area (Å²) in [5.41, 5.74) is 3.34. The van der Waals surface area contributed by atoms with E-state index < -0.39 is 0 Å². The largest absolute Gasteiger partial charge is 0.350 e. The number of amides is 2. The topological polar surface area (TPSA) is 58.2 Å². The van der Waals surface area contributed by atoms with Crippen molar-refractivity contribution in [3.63, 3.8) is 0 Å². The molecular formula is C22H19BrN2O2. The summed E-state index contributed by atoms with van der Waals surface area (Å²) in [4.78, 5) is 24.3. The van der Waals surface area contributed by atoms with Gasteiger partial charge in [-0.05, 0) is 41.5 Å². The maximum atomic E-state index is 12.2. The van der Waals surface area contributed by atoms with E-state index in [1.165, 1.54) is 0 Å². The number of hydrogen-bond donors (Lipinski definition) is 2. The molecule has 0 spiro atoms. The number of nitrogens with one attached hydrogen (secondary N) is 2. The van der Waals surface area contributed by atoms with E-state index in [9.17, 15) is 9.59 Å². The number of halogens is 1. The molecular weight excluding hydrogens is 404 g/mol. The van der Waals surface area contributed by atoms with Crippen molar-refractivity contribution in [1.29, 1.82) is 0 Å². The summed E-state index contributed by atoms with van der Waals surface area (Å²) in [5.74, 6) is -0.330. The van der Waals surface area contributed by atoms with Gasteiger partial charge in [0.15, 0.2) is 0 Å². The van der Waals surface area contributed by atoms with Gasteiger partial charge in [0.2, 0.25) is 0 Å². The Morgan fingerprint density at radius 1 is 0.667 bits per heavy atom. The van der Waals surface area contributed by atoms with Crippen LogP contribution in [-0.2, 0) is 0 Å². The van der Waals surface area contributed by atoms with Crippen LogP contribution in [0.1, 0.15) is 20.7 Å². The normalized spacial score (nSPS) is 10.3. The van der Waals surface area contributed by atoms with Crippen molar-refractivity contribution < 1.29 is 9.59 Å². The molecule has 0 radical (unpaired) electrons. The van der Waals surface area contributed by atoms with Crippen molar-refractivity contribution >= 4 is 27.7 Å². The van der Waals surface area contributed by atoms with Crippen molar-refractivity contribution in [1.82, 2.24) is 10.6 Å². The molecule has 0 fully saturated rings. The first-order valence-electron chi connectivity index (χ1n) is 8.61. The lowest BCUT2D eigenvalue weighted by Crippen LogP contribution is -2.34. The minimum Gasteiger partial charge on any atom is -0.350 e. The maximum absolute atomic E-state index is 12.2. The summed E-state index contributed by atoms with van der Waals surface area (Å²) in [6, 6.07) is 24.6. The fourth-order valence-corrected chi connectivity index (χ4v) is 3.03. The molecule has 0 atom stereocenters. The van der Waals surface area contributed by atoms with Crippen LogP contribution in [0, 0.1) is 0 Å². The average molecular weight is 423 g/mol. The fourth-order valence-electron chi connectivity index (χ4n) is 2.63. The van der Waals surface area contributed by atoms with Crippen LogP contribution in [0.3, 0.4) is 0 Å². The summed E-state index contributed by atoms with van der Waals surface area (Å²) in [5, 5.41) is 5.60. The van der Waals surface area contributed by atoms with Crippen LogP contribution in [0.2, 0.25) is 0 Å². The number of benzene rings is 3. The molecule has 0 heterocycles. The molecule has 2 N–H and O–H groups in total. The third kappa shape index (κ3) is 5.28. The van der Waals surface area contributed by atoms with Crippen molar-refractivity contribution in [3.05, 3.63) is 94.5 Å². The van der Waals surface area contributed by atoms with Gasteiger partial charge in [0.25, 0.3) is 11.8 Å². The summed E-state index contributed by atoms with van der Waals surface area (Å²) in [6.07, 6.45) is 0. The maximum Gasteiger partial charge on any atom is 0.251 e. The van der Waals surface area contributed by atoms with Crippen LogP contribution in [0.5, 0.6) is 0 Å². The van der Waals surface area contributed by atoms with Crippen LogP contribution in [0.4, 0.5) is 0 Å². The number of hydrogen-bond acceptors (Lipinski definition) is 2. The van der Waals surface area contributed by atoms with Gasteiger partial charge in [0.1, 0.15) is 0 Å². The summed E-state index contributed by atoms with van der Waals surface area (Å²) in [6.45, 7) is 0.720. The molecule has 0 aromatic heterocycles. The average Bonchev–Trinajstić information content (AvgIpc) is 2.71. The van der Waals surface area contributed by atoms with Crippen molar-refractivity contribution in [2.75, 3.05) is 13.1 Å². The fraction of sp³-hybridized carbons (Fsp3) is 0.0909. The van der Waals surface area contributed by atoms with Gasteiger partial charge < -0.3 is 10.6 Å². The summed E-state index contributed by atoms with van der Waals surface area (Å²) in [7, 11) is 0. The summed E-state index contributed by atoms with van der Waals surface area (Å²) < 4.78 is 0.849. The first-order valence-corrected chi connectivity index (χ1v) is 9.40. The Labute approximate surface area is 166 Å². The Morgan fingerprint density at radius 2 is 1.26 bits per heavy atom. The predicted octanol–water partition coefficient (Wildman–Crippen LogP) is 4.28. The molecule has 5 heteroatoms. The van der Waals surface area contributed by atoms with Gasteiger partial charge in [-0.25, -0.2) is 0 Å². The van der Waals surface area contributed by atoms with Crippen LogP contribution in [0.15, 0.2) is 83.3 Å². The highest BCUT2D eigenvalue weighted by atomic mass is 79.9. The zero-order valence-electron chi connectivity index (χ0n) is 14.6. The SMILES string of the molecule is O=C(NCCNC(=O)c1cccc(Br)c1)c1ccc(-c2ccccc2)cc1. The van der Waals surface area contributed by atoms with Gasteiger partial charge >= 0.3 is 0 Å². The number of carbonyl (C=O) groups excluding carboxylic acids is 2. The highest BCUT2D eigenvalue weighted by Crippen LogP contribution is 2.19. The molecule has 0 saturated carbocycles. The van der Waals surface area contributed by atoms with E-state index in [-0.39, 0.29) is 11.8 Å². The molecule has 136 valence electrons. The predicted molar refractivity (Wildman–Crippen MR) is 111 cm³/mol. The molecule has 3 aromatic rings. The molecule has 0 saturated heterocycles. The van der Waals surface area contributed by atoms with E-state index >= 15 is 0 Å². The number of carbonyl (C=O) groups is 2. The van der Waals surface area contributed by atoms with Crippen LogP contribution in [0.25, 0.3) is 11.1 Å². The van der Waals surface area contributed by atoms with E-state index in [0.717, 1.165) is 15.6 Å². The van der Waals surface area contributed by atoms with Crippen molar-refractivity contribution in [3.8, 4) is 11.1 Å². The second-order valence-electron chi connectivity index (χ2n) is 5.97. The molecule has 0 aliphatic rings. The minimum absolute atomic E-state index is 0.161. The van der Waals surface area contributed by atoms with Gasteiger partial charge in [0.05, 0.1) is 0 Å². The van der Waals surface area contributed by atoms with Gasteiger partial charge in [-0.2, -0.15) is 0 Å². The quantitative estimate of drug-likeness (QED) is 0.582. The molecule has 2 amide bonds. The van der Waals surface area contributed by atoms with E-state index in [2.05, 4.69) is 26.6 Å². The van der Waals surface area contributed by atoms with Crippen LogP contribution < -0.4 is 10.6 Å². The Balaban J connectivity index is 1.47. The van der Waals surface area contributed by atoms with Crippen LogP contribution >= 0.6 is 15.9 Å². The first kappa shape index (κ1) is 18.9. The Hall–Kier alpha value is -2.92. The standard InChI is InChI=1S/C22H19BrN2O2/c23-20-8-4-7-19(15-20)22(27)25-14-13-24-21(26)18-11-9-17(10-12-18)16-5-2-1-3-6-16/h1-12,15H,13-14H2,(H,24,26)(H,25,27). The lowest BCUT2D eigenvalue weighted by molar-refractivity contribution is 0.0927. The van der Waals surface area contributed by atoms with Gasteiger partial charge in [0, 0.05) is 28.7 Å². The smallest absolute Gasteiger partial charge is 0.251 e. The monoisotopic (exact) mass is 422 g/mol. The minimum atomic E-state index is -0.169. The van der Waals surface area contributed by atoms with Crippen molar-refractivity contribution in [2.45, 2.75) is 0 Å². The zero-order chi connectivity index (χ0) is 19.1. The highest BCUT2D eigenvalue weighted by Gasteiger charge is 2.07. The lowest BCUT2D eigenvalue weighted by Gasteiger charge is -2.08. The Kier molecular flexibility index (Phi) is 6.39. The van der Waals surface area contributed by atoms with E-state index in [4.69, 9.17) is 0 Å². The Morgan fingerprint density at radius 3 is 1.89 bits per heavy atom. The molecule has 4 nitrogen and oxygen atoms in total. The third-order valence-electron chi connectivity index (χ3n) is 4.04.